The fourth-order valence-corrected chi connectivity index (χ4v) is 4.90. The number of pyridine rings is 1. The molecule has 2 aliphatic rings. The predicted octanol–water partition coefficient (Wildman–Crippen LogP) is 4.04. The number of piperazine rings is 1. The molecular formula is C30H40N8O. The molecule has 39 heavy (non-hydrogen) atoms. The van der Waals surface area contributed by atoms with E-state index in [1.165, 1.54) is 23.9 Å². The Morgan fingerprint density at radius 2 is 1.92 bits per heavy atom. The second-order valence-corrected chi connectivity index (χ2v) is 10.1. The van der Waals surface area contributed by atoms with Crippen LogP contribution in [0.5, 0.6) is 0 Å². The van der Waals surface area contributed by atoms with Gasteiger partial charge in [-0.1, -0.05) is 19.1 Å². The van der Waals surface area contributed by atoms with Crippen molar-refractivity contribution < 1.29 is 4.79 Å². The highest BCUT2D eigenvalue weighted by Crippen LogP contribution is 2.30. The first-order chi connectivity index (χ1) is 19.0. The van der Waals surface area contributed by atoms with Gasteiger partial charge in [0.2, 0.25) is 0 Å². The Bertz CT molecular complexity index is 1210. The van der Waals surface area contributed by atoms with Crippen LogP contribution in [0.2, 0.25) is 0 Å². The highest BCUT2D eigenvalue weighted by Gasteiger charge is 2.21. The minimum Gasteiger partial charge on any atom is -0.369 e. The van der Waals surface area contributed by atoms with E-state index >= 15 is 0 Å². The maximum atomic E-state index is 13.0. The van der Waals surface area contributed by atoms with Crippen LogP contribution < -0.4 is 20.9 Å². The largest absolute Gasteiger partial charge is 0.369 e. The van der Waals surface area contributed by atoms with Gasteiger partial charge < -0.3 is 25.8 Å². The van der Waals surface area contributed by atoms with Gasteiger partial charge in [0, 0.05) is 56.0 Å². The molecule has 1 unspecified atom stereocenters. The molecular weight excluding hydrogens is 488 g/mol. The van der Waals surface area contributed by atoms with Crippen LogP contribution in [0.15, 0.2) is 70.8 Å². The Morgan fingerprint density at radius 3 is 2.64 bits per heavy atom. The molecule has 2 aromatic rings. The van der Waals surface area contributed by atoms with Gasteiger partial charge >= 0.3 is 0 Å². The minimum absolute atomic E-state index is 0.251. The molecule has 0 saturated carbocycles. The zero-order valence-electron chi connectivity index (χ0n) is 23.1. The Labute approximate surface area is 231 Å². The van der Waals surface area contributed by atoms with Crippen molar-refractivity contribution in [1.29, 1.82) is 0 Å². The molecule has 1 aliphatic carbocycles. The number of fused-ring (bicyclic) bond motifs is 1. The maximum absolute atomic E-state index is 13.0. The van der Waals surface area contributed by atoms with E-state index in [2.05, 4.69) is 88.3 Å². The topological polar surface area (TPSA) is 97.2 Å². The second kappa shape index (κ2) is 13.7. The lowest BCUT2D eigenvalue weighted by molar-refractivity contribution is -0.116. The van der Waals surface area contributed by atoms with Crippen LogP contribution in [0.4, 0.5) is 17.2 Å². The first kappa shape index (κ1) is 28.0. The number of likely N-dealkylation sites (N-methyl/N-ethyl adjacent to an activating group) is 1. The van der Waals surface area contributed by atoms with E-state index < -0.39 is 0 Å². The van der Waals surface area contributed by atoms with Crippen molar-refractivity contribution in [2.45, 2.75) is 32.1 Å². The Morgan fingerprint density at radius 1 is 1.15 bits per heavy atom. The molecule has 1 atom stereocenters. The number of hydrogen-bond donors (Lipinski definition) is 3. The van der Waals surface area contributed by atoms with E-state index in [9.17, 15) is 4.79 Å². The number of nitrogens with zero attached hydrogens (tertiary/aromatic N) is 5. The first-order valence-electron chi connectivity index (χ1n) is 13.6. The summed E-state index contributed by atoms with van der Waals surface area (Å²) in [5.41, 5.74) is 4.82. The van der Waals surface area contributed by atoms with Crippen molar-refractivity contribution in [3.8, 4) is 0 Å². The number of anilines is 3. The first-order valence-corrected chi connectivity index (χ1v) is 13.6. The zero-order chi connectivity index (χ0) is 27.6. The number of aryl methyl sites for hydroxylation is 1. The molecule has 2 heterocycles. The minimum atomic E-state index is -0.323. The maximum Gasteiger partial charge on any atom is 0.256 e. The van der Waals surface area contributed by atoms with Gasteiger partial charge in [0.05, 0.1) is 5.57 Å². The summed E-state index contributed by atoms with van der Waals surface area (Å²) < 4.78 is 0. The molecule has 0 spiro atoms. The van der Waals surface area contributed by atoms with Crippen molar-refractivity contribution >= 4 is 35.7 Å². The van der Waals surface area contributed by atoms with E-state index in [4.69, 9.17) is 9.98 Å². The number of carbonyl (C=O) groups is 1. The number of carbonyl (C=O) groups excluding carboxylic acids is 1. The smallest absolute Gasteiger partial charge is 0.256 e. The van der Waals surface area contributed by atoms with Gasteiger partial charge in [-0.05, 0) is 74.8 Å². The monoisotopic (exact) mass is 528 g/mol. The quantitative estimate of drug-likeness (QED) is 0.186. The van der Waals surface area contributed by atoms with Crippen LogP contribution in [0.1, 0.15) is 36.9 Å². The van der Waals surface area contributed by atoms with Crippen LogP contribution in [0, 0.1) is 0 Å². The van der Waals surface area contributed by atoms with E-state index in [1.807, 2.05) is 6.07 Å². The summed E-state index contributed by atoms with van der Waals surface area (Å²) in [5, 5.41) is 9.42. The molecule has 3 N–H and O–H groups in total. The van der Waals surface area contributed by atoms with Crippen molar-refractivity contribution in [2.75, 3.05) is 62.0 Å². The third-order valence-electron chi connectivity index (χ3n) is 7.19. The van der Waals surface area contributed by atoms with E-state index in [-0.39, 0.29) is 18.1 Å². The predicted molar refractivity (Wildman–Crippen MR) is 162 cm³/mol. The van der Waals surface area contributed by atoms with Gasteiger partial charge in [0.1, 0.15) is 18.3 Å². The number of amidine groups is 1. The number of benzene rings is 1. The Balaban J connectivity index is 1.51. The number of aliphatic imine (C=N–C) groups is 2. The summed E-state index contributed by atoms with van der Waals surface area (Å²) in [5.74, 6) is 1.08. The lowest BCUT2D eigenvalue weighted by Gasteiger charge is -2.34. The summed E-state index contributed by atoms with van der Waals surface area (Å²) in [6, 6.07) is 12.4. The van der Waals surface area contributed by atoms with Crippen LogP contribution in [0.25, 0.3) is 0 Å². The molecule has 1 aromatic heterocycles. The van der Waals surface area contributed by atoms with Crippen molar-refractivity contribution in [2.24, 2.45) is 9.98 Å². The van der Waals surface area contributed by atoms with Gasteiger partial charge in [0.15, 0.2) is 0 Å². The molecule has 1 aliphatic heterocycles. The molecule has 1 fully saturated rings. The molecule has 0 bridgehead atoms. The molecule has 0 radical (unpaired) electrons. The third-order valence-corrected chi connectivity index (χ3v) is 7.19. The van der Waals surface area contributed by atoms with Crippen LogP contribution in [-0.2, 0) is 11.2 Å². The number of amides is 1. The number of aromatic nitrogens is 1. The van der Waals surface area contributed by atoms with Crippen LogP contribution in [-0.4, -0.2) is 74.8 Å². The number of nitrogens with one attached hydrogen (secondary N) is 3. The normalized spacial score (nSPS) is 18.2. The van der Waals surface area contributed by atoms with Gasteiger partial charge in [-0.25, -0.2) is 9.98 Å². The zero-order valence-corrected chi connectivity index (χ0v) is 23.1. The van der Waals surface area contributed by atoms with Gasteiger partial charge in [-0.2, -0.15) is 0 Å². The van der Waals surface area contributed by atoms with E-state index in [1.54, 1.807) is 6.08 Å². The molecule has 1 aromatic carbocycles. The second-order valence-electron chi connectivity index (χ2n) is 10.1. The summed E-state index contributed by atoms with van der Waals surface area (Å²) in [4.78, 5) is 31.2. The highest BCUT2D eigenvalue weighted by molar-refractivity contribution is 6.25. The van der Waals surface area contributed by atoms with Crippen molar-refractivity contribution in [3.05, 3.63) is 72.1 Å². The number of rotatable bonds is 10. The standard InChI is InChI=1S/C30H40N8O/c1-5-15-32-30(39)26(20-31-3)29(36-27-14-9-23-8-6-7-22(2)28(23)35-27)34-21-33-24-10-12-25(13-11-24)38-18-16-37(4)17-19-38/h5,9-14,20,22,33H,1,3,6-8,15-19,21H2,2,4H3,(H,32,39)(H,34,35,36)/b26-20+. The summed E-state index contributed by atoms with van der Waals surface area (Å²) in [6.45, 7) is 14.2. The fourth-order valence-electron chi connectivity index (χ4n) is 4.90. The summed E-state index contributed by atoms with van der Waals surface area (Å²) in [7, 11) is 2.16. The Kier molecular flexibility index (Phi) is 9.85. The molecule has 9 heteroatoms. The number of hydrogen-bond acceptors (Lipinski definition) is 7. The third kappa shape index (κ3) is 7.54. The van der Waals surface area contributed by atoms with Crippen molar-refractivity contribution in [3.63, 3.8) is 0 Å². The SMILES string of the molecule is C=CCNC(=O)C(=C/N=C)/C(=N\CNc1ccc(N2CCN(C)CC2)cc1)Nc1ccc2c(n1)C(C)CCC2. The van der Waals surface area contributed by atoms with E-state index in [0.29, 0.717) is 24.1 Å². The van der Waals surface area contributed by atoms with Gasteiger partial charge in [0.25, 0.3) is 5.91 Å². The molecule has 9 nitrogen and oxygen atoms in total. The summed E-state index contributed by atoms with van der Waals surface area (Å²) in [6.07, 6.45) is 6.38. The Hall–Kier alpha value is -3.98. The lowest BCUT2D eigenvalue weighted by atomic mass is 9.88. The van der Waals surface area contributed by atoms with Gasteiger partial charge in [-0.3, -0.25) is 9.79 Å². The van der Waals surface area contributed by atoms with Gasteiger partial charge in [-0.15, -0.1) is 6.58 Å². The lowest BCUT2D eigenvalue weighted by Crippen LogP contribution is -2.44. The molecule has 206 valence electrons. The van der Waals surface area contributed by atoms with E-state index in [0.717, 1.165) is 50.4 Å². The fraction of sp³-hybridized carbons (Fsp3) is 0.400. The summed E-state index contributed by atoms with van der Waals surface area (Å²) >= 11 is 0. The average molecular weight is 529 g/mol. The van der Waals surface area contributed by atoms with Crippen LogP contribution in [0.3, 0.4) is 0 Å². The molecule has 1 saturated heterocycles. The van der Waals surface area contributed by atoms with Crippen molar-refractivity contribution in [1.82, 2.24) is 15.2 Å². The molecule has 1 amide bonds. The highest BCUT2D eigenvalue weighted by atomic mass is 16.1. The van der Waals surface area contributed by atoms with Crippen LogP contribution >= 0.6 is 0 Å². The molecule has 4 rings (SSSR count). The average Bonchev–Trinajstić information content (AvgIpc) is 2.95.